The Hall–Kier alpha value is -3.19. The molecule has 3 aromatic heterocycles. The molecule has 0 aliphatic heterocycles. The molecule has 0 spiro atoms. The molecule has 0 fully saturated rings. The number of thiophene rings is 1. The summed E-state index contributed by atoms with van der Waals surface area (Å²) in [6.45, 7) is 2.92. The van der Waals surface area contributed by atoms with Crippen molar-refractivity contribution in [1.29, 1.82) is 0 Å². The van der Waals surface area contributed by atoms with E-state index >= 15 is 0 Å². The van der Waals surface area contributed by atoms with Crippen molar-refractivity contribution in [3.63, 3.8) is 0 Å². The first-order valence-corrected chi connectivity index (χ1v) is 11.6. The molecule has 0 saturated heterocycles. The third kappa shape index (κ3) is 4.53. The van der Waals surface area contributed by atoms with Gasteiger partial charge in [0.25, 0.3) is 0 Å². The fourth-order valence-corrected chi connectivity index (χ4v) is 4.88. The fraction of sp³-hybridized carbons (Fsp3) is 0.192. The topological polar surface area (TPSA) is 56.0 Å². The maximum Gasteiger partial charge on any atom is 0.0837 e. The second-order valence-corrected chi connectivity index (χ2v) is 9.32. The molecule has 0 unspecified atom stereocenters. The zero-order valence-corrected chi connectivity index (χ0v) is 19.2. The second-order valence-electron chi connectivity index (χ2n) is 8.27. The van der Waals surface area contributed by atoms with Crippen LogP contribution in [-0.4, -0.2) is 42.1 Å². The summed E-state index contributed by atoms with van der Waals surface area (Å²) in [6, 6.07) is 21.5. The smallest absolute Gasteiger partial charge is 0.0837 e. The number of aromatic amines is 1. The van der Waals surface area contributed by atoms with Gasteiger partial charge in [-0.25, -0.2) is 0 Å². The normalized spacial score (nSPS) is 11.6. The number of anilines is 2. The van der Waals surface area contributed by atoms with E-state index in [0.29, 0.717) is 0 Å². The molecule has 0 atom stereocenters. The lowest BCUT2D eigenvalue weighted by Crippen LogP contribution is -2.26. The molecule has 0 saturated carbocycles. The predicted octanol–water partition coefficient (Wildman–Crippen LogP) is 5.84. The number of hydrogen-bond acceptors (Lipinski definition) is 5. The van der Waals surface area contributed by atoms with Crippen LogP contribution in [-0.2, 0) is 6.54 Å². The average Bonchev–Trinajstić information content (AvgIpc) is 3.44. The largest absolute Gasteiger partial charge is 0.361 e. The van der Waals surface area contributed by atoms with Gasteiger partial charge in [-0.05, 0) is 61.6 Å². The van der Waals surface area contributed by atoms with Crippen LogP contribution in [0.5, 0.6) is 0 Å². The van der Waals surface area contributed by atoms with Gasteiger partial charge in [0, 0.05) is 53.5 Å². The Kier molecular flexibility index (Phi) is 5.90. The molecule has 5 nitrogen and oxygen atoms in total. The monoisotopic (exact) mass is 441 g/mol. The highest BCUT2D eigenvalue weighted by Crippen LogP contribution is 2.37. The van der Waals surface area contributed by atoms with Crippen molar-refractivity contribution in [2.75, 3.05) is 32.5 Å². The Bertz CT molecular complexity index is 1330. The third-order valence-electron chi connectivity index (χ3n) is 5.55. The Morgan fingerprint density at radius 3 is 2.72 bits per heavy atom. The molecule has 0 amide bonds. The number of fused-ring (bicyclic) bond motifs is 2. The fourth-order valence-electron chi connectivity index (χ4n) is 3.79. The van der Waals surface area contributed by atoms with Crippen molar-refractivity contribution in [2.45, 2.75) is 6.54 Å². The van der Waals surface area contributed by atoms with Gasteiger partial charge < -0.3 is 20.5 Å². The van der Waals surface area contributed by atoms with Crippen LogP contribution >= 0.6 is 11.3 Å². The number of pyridine rings is 1. The lowest BCUT2D eigenvalue weighted by Gasteiger charge is -2.10. The highest BCUT2D eigenvalue weighted by Gasteiger charge is 2.10. The summed E-state index contributed by atoms with van der Waals surface area (Å²) >= 11 is 1.78. The maximum atomic E-state index is 4.60. The highest BCUT2D eigenvalue weighted by atomic mass is 32.1. The quantitative estimate of drug-likeness (QED) is 0.265. The van der Waals surface area contributed by atoms with Crippen molar-refractivity contribution in [1.82, 2.24) is 20.2 Å². The van der Waals surface area contributed by atoms with Crippen molar-refractivity contribution in [3.8, 4) is 10.4 Å². The molecule has 5 aromatic rings. The SMILES string of the molecule is CN(C)CCNCc1ccc(-c2cc3nccc(Nc4ccc5[nH]ccc5c4)c3s2)cc1. The molecule has 3 heterocycles. The summed E-state index contributed by atoms with van der Waals surface area (Å²) in [5.41, 5.74) is 6.85. The van der Waals surface area contributed by atoms with Gasteiger partial charge in [-0.15, -0.1) is 11.3 Å². The van der Waals surface area contributed by atoms with Gasteiger partial charge >= 0.3 is 0 Å². The van der Waals surface area contributed by atoms with Gasteiger partial charge in [0.15, 0.2) is 0 Å². The van der Waals surface area contributed by atoms with Gasteiger partial charge in [0.2, 0.25) is 0 Å². The van der Waals surface area contributed by atoms with Crippen molar-refractivity contribution < 1.29 is 0 Å². The zero-order valence-electron chi connectivity index (χ0n) is 18.4. The molecule has 2 aromatic carbocycles. The van der Waals surface area contributed by atoms with Crippen LogP contribution in [0.1, 0.15) is 5.56 Å². The van der Waals surface area contributed by atoms with E-state index < -0.39 is 0 Å². The Balaban J connectivity index is 1.34. The van der Waals surface area contributed by atoms with Gasteiger partial charge in [-0.1, -0.05) is 24.3 Å². The number of benzene rings is 2. The average molecular weight is 442 g/mol. The van der Waals surface area contributed by atoms with Crippen LogP contribution in [0.2, 0.25) is 0 Å². The molecular weight excluding hydrogens is 414 g/mol. The molecule has 0 radical (unpaired) electrons. The van der Waals surface area contributed by atoms with E-state index in [1.807, 2.05) is 18.5 Å². The number of nitrogens with zero attached hydrogens (tertiary/aromatic N) is 2. The molecule has 5 rings (SSSR count). The first kappa shape index (κ1) is 20.7. The Labute approximate surface area is 192 Å². The molecule has 0 bridgehead atoms. The number of likely N-dealkylation sites (N-methyl/N-ethyl adjacent to an activating group) is 1. The first-order chi connectivity index (χ1) is 15.7. The maximum absolute atomic E-state index is 4.60. The minimum Gasteiger partial charge on any atom is -0.361 e. The molecule has 0 aliphatic rings. The van der Waals surface area contributed by atoms with Gasteiger partial charge in [-0.3, -0.25) is 4.98 Å². The van der Waals surface area contributed by atoms with E-state index in [1.165, 1.54) is 26.1 Å². The number of aromatic nitrogens is 2. The molecule has 3 N–H and O–H groups in total. The van der Waals surface area contributed by atoms with Crippen LogP contribution < -0.4 is 10.6 Å². The predicted molar refractivity (Wildman–Crippen MR) is 137 cm³/mol. The van der Waals surface area contributed by atoms with Crippen LogP contribution in [0.15, 0.2) is 73.1 Å². The van der Waals surface area contributed by atoms with Crippen molar-refractivity contribution in [2.24, 2.45) is 0 Å². The highest BCUT2D eigenvalue weighted by molar-refractivity contribution is 7.22. The lowest BCUT2D eigenvalue weighted by molar-refractivity contribution is 0.400. The molecule has 32 heavy (non-hydrogen) atoms. The molecule has 6 heteroatoms. The molecule has 0 aliphatic carbocycles. The van der Waals surface area contributed by atoms with Gasteiger partial charge in [-0.2, -0.15) is 0 Å². The first-order valence-electron chi connectivity index (χ1n) is 10.8. The summed E-state index contributed by atoms with van der Waals surface area (Å²) in [5, 5.41) is 8.28. The van der Waals surface area contributed by atoms with E-state index in [4.69, 9.17) is 0 Å². The van der Waals surface area contributed by atoms with Crippen LogP contribution in [0.4, 0.5) is 11.4 Å². The van der Waals surface area contributed by atoms with Crippen LogP contribution in [0.3, 0.4) is 0 Å². The van der Waals surface area contributed by atoms with E-state index in [-0.39, 0.29) is 0 Å². The van der Waals surface area contributed by atoms with E-state index in [1.54, 1.807) is 11.3 Å². The van der Waals surface area contributed by atoms with Crippen LogP contribution in [0.25, 0.3) is 31.6 Å². The summed E-state index contributed by atoms with van der Waals surface area (Å²) < 4.78 is 1.17. The van der Waals surface area contributed by atoms with Crippen molar-refractivity contribution in [3.05, 3.63) is 78.6 Å². The van der Waals surface area contributed by atoms with Gasteiger partial charge in [0.1, 0.15) is 0 Å². The van der Waals surface area contributed by atoms with E-state index in [2.05, 4.69) is 94.2 Å². The standard InChI is InChI=1S/C26H27N5S/c1-31(2)14-13-27-17-18-3-5-19(6-4-18)25-16-24-26(32-25)23(10-12-29-24)30-21-7-8-22-20(15-21)9-11-28-22/h3-12,15-16,27-28H,13-14,17H2,1-2H3,(H,29,30). The number of H-pyrrole nitrogens is 1. The number of hydrogen-bond donors (Lipinski definition) is 3. The second kappa shape index (κ2) is 9.12. The van der Waals surface area contributed by atoms with Gasteiger partial charge in [0.05, 0.1) is 15.9 Å². The lowest BCUT2D eigenvalue weighted by atomic mass is 10.1. The molecule has 162 valence electrons. The Morgan fingerprint density at radius 2 is 1.88 bits per heavy atom. The van der Waals surface area contributed by atoms with E-state index in [9.17, 15) is 0 Å². The number of rotatable bonds is 8. The minimum absolute atomic E-state index is 0.891. The number of nitrogens with one attached hydrogen (secondary N) is 3. The summed E-state index contributed by atoms with van der Waals surface area (Å²) in [7, 11) is 4.19. The zero-order chi connectivity index (χ0) is 21.9. The third-order valence-corrected chi connectivity index (χ3v) is 6.75. The van der Waals surface area contributed by atoms with Crippen LogP contribution in [0, 0.1) is 0 Å². The summed E-state index contributed by atoms with van der Waals surface area (Å²) in [4.78, 5) is 11.3. The molecular formula is C26H27N5S. The minimum atomic E-state index is 0.891. The Morgan fingerprint density at radius 1 is 1.00 bits per heavy atom. The summed E-state index contributed by atoms with van der Waals surface area (Å²) in [6.07, 6.45) is 3.84. The van der Waals surface area contributed by atoms with E-state index in [0.717, 1.165) is 42.0 Å². The summed E-state index contributed by atoms with van der Waals surface area (Å²) in [5.74, 6) is 0. The van der Waals surface area contributed by atoms with Crippen molar-refractivity contribution >= 4 is 43.8 Å².